The molecule has 0 saturated heterocycles. The zero-order valence-corrected chi connectivity index (χ0v) is 12.5. The third-order valence-corrected chi connectivity index (χ3v) is 3.92. The van der Waals surface area contributed by atoms with Gasteiger partial charge in [-0.15, -0.1) is 0 Å². The van der Waals surface area contributed by atoms with Crippen molar-refractivity contribution < 1.29 is 22.2 Å². The van der Waals surface area contributed by atoms with E-state index in [4.69, 9.17) is 33.8 Å². The first-order chi connectivity index (χ1) is 17.2. The van der Waals surface area contributed by atoms with Crippen LogP contribution in [-0.2, 0) is 0 Å². The number of fused-ring (bicyclic) bond motifs is 5. The zero-order valence-electron chi connectivity index (χ0n) is 24.8. The summed E-state index contributed by atoms with van der Waals surface area (Å²) < 4.78 is 114. The Morgan fingerprint density at radius 2 is 1.50 bits per heavy atom. The molecule has 0 aliphatic carbocycles. The van der Waals surface area contributed by atoms with Crippen molar-refractivity contribution in [2.45, 2.75) is 0 Å². The van der Waals surface area contributed by atoms with E-state index in [1.165, 1.54) is 0 Å². The van der Waals surface area contributed by atoms with E-state index in [2.05, 4.69) is 0 Å². The van der Waals surface area contributed by atoms with Crippen molar-refractivity contribution in [2.75, 3.05) is 0 Å². The lowest BCUT2D eigenvalue weighted by atomic mass is 9.95. The van der Waals surface area contributed by atoms with Gasteiger partial charge in [0.1, 0.15) is 11.2 Å². The molecule has 1 nitrogen and oxygen atoms in total. The zero-order chi connectivity index (χ0) is 27.4. The minimum atomic E-state index is -0.708. The Labute approximate surface area is 162 Å². The highest BCUT2D eigenvalue weighted by Gasteiger charge is 2.15. The molecule has 0 radical (unpaired) electrons. The summed E-state index contributed by atoms with van der Waals surface area (Å²) in [6.07, 6.45) is 0. The molecule has 0 atom stereocenters. The number of rotatable bonds is 1. The minimum absolute atomic E-state index is 0.129. The van der Waals surface area contributed by atoms with Gasteiger partial charge in [0.05, 0.1) is 22.8 Å². The Hall–Kier alpha value is -2.77. The molecule has 0 spiro atoms. The van der Waals surface area contributed by atoms with Crippen molar-refractivity contribution in [1.29, 1.82) is 0 Å². The van der Waals surface area contributed by atoms with Crippen molar-refractivity contribution in [3.63, 3.8) is 0 Å². The Morgan fingerprint density at radius 3 is 2.33 bits per heavy atom. The van der Waals surface area contributed by atoms with Gasteiger partial charge < -0.3 is 4.42 Å². The number of furan rings is 1. The SMILES string of the molecule is [2H]c1c([2H])c([2H])c(-c2c([2H])c3c(oc4c([2H])c([2H])c([2H])c(Cl)c43)c3c([2H])c([2H])c([2H])c([2H])c23)c([2H])c1[2H]. The van der Waals surface area contributed by atoms with E-state index in [0.29, 0.717) is 0 Å². The minimum Gasteiger partial charge on any atom is -0.455 e. The van der Waals surface area contributed by atoms with Gasteiger partial charge >= 0.3 is 0 Å². The maximum atomic E-state index is 9.05. The third-order valence-electron chi connectivity index (χ3n) is 3.64. The highest BCUT2D eigenvalue weighted by molar-refractivity contribution is 6.38. The summed E-state index contributed by atoms with van der Waals surface area (Å²) in [5.74, 6) is 0. The van der Waals surface area contributed by atoms with E-state index in [1.807, 2.05) is 0 Å². The average molecular weight is 342 g/mol. The van der Waals surface area contributed by atoms with Gasteiger partial charge in [-0.05, 0) is 34.6 Å². The Balaban J connectivity index is 2.24. The normalized spacial score (nSPS) is 19.1. The van der Waals surface area contributed by atoms with Crippen LogP contribution in [0, 0.1) is 0 Å². The van der Waals surface area contributed by atoms with Crippen LogP contribution >= 0.6 is 11.6 Å². The quantitative estimate of drug-likeness (QED) is 0.318. The van der Waals surface area contributed by atoms with Crippen molar-refractivity contribution >= 4 is 44.3 Å². The molecule has 0 N–H and O–H groups in total. The van der Waals surface area contributed by atoms with Crippen LogP contribution in [0.3, 0.4) is 0 Å². The first kappa shape index (κ1) is 5.94. The van der Waals surface area contributed by atoms with Gasteiger partial charge in [-0.2, -0.15) is 0 Å². The van der Waals surface area contributed by atoms with Crippen LogP contribution in [0.4, 0.5) is 0 Å². The van der Waals surface area contributed by atoms with Gasteiger partial charge in [0.25, 0.3) is 0 Å². The molecule has 5 aromatic rings. The summed E-state index contributed by atoms with van der Waals surface area (Å²) in [5, 5.41) is -1.23. The van der Waals surface area contributed by atoms with Gasteiger partial charge in [0.15, 0.2) is 0 Å². The number of benzene rings is 4. The van der Waals surface area contributed by atoms with Gasteiger partial charge in [-0.1, -0.05) is 72.0 Å². The summed E-state index contributed by atoms with van der Waals surface area (Å²) >= 11 is 6.36. The first-order valence-electron chi connectivity index (χ1n) is 13.3. The van der Waals surface area contributed by atoms with Crippen LogP contribution in [0.15, 0.2) is 83.0 Å². The van der Waals surface area contributed by atoms with E-state index >= 15 is 0 Å². The molecule has 5 rings (SSSR count). The van der Waals surface area contributed by atoms with E-state index in [0.717, 1.165) is 0 Å². The van der Waals surface area contributed by atoms with Gasteiger partial charge in [-0.3, -0.25) is 0 Å². The standard InChI is InChI=1S/C22H13ClO/c23-19-11-6-12-20-21(19)18-13-17(14-7-2-1-3-8-14)15-9-4-5-10-16(15)22(18)24-20/h1-13H/i1D,2D,3D,4D,5D,6D,7D,8D,9D,10D,11D,12D,13D. The molecule has 0 amide bonds. The second-order valence-corrected chi connectivity index (χ2v) is 5.33. The molecule has 0 aliphatic rings. The Morgan fingerprint density at radius 1 is 0.750 bits per heavy atom. The lowest BCUT2D eigenvalue weighted by molar-refractivity contribution is 0.672. The number of hydrogen-bond donors (Lipinski definition) is 0. The van der Waals surface area contributed by atoms with Gasteiger partial charge in [0, 0.05) is 16.2 Å². The fourth-order valence-electron chi connectivity index (χ4n) is 2.65. The van der Waals surface area contributed by atoms with Crippen LogP contribution in [0.5, 0.6) is 0 Å². The molecule has 0 saturated carbocycles. The van der Waals surface area contributed by atoms with Crippen molar-refractivity contribution in [2.24, 2.45) is 0 Å². The molecule has 0 fully saturated rings. The summed E-state index contributed by atoms with van der Waals surface area (Å²) in [4.78, 5) is 0. The molecule has 0 unspecified atom stereocenters. The van der Waals surface area contributed by atoms with Gasteiger partial charge in [0.2, 0.25) is 0 Å². The summed E-state index contributed by atoms with van der Waals surface area (Å²) in [7, 11) is 0. The Bertz CT molecular complexity index is 1850. The van der Waals surface area contributed by atoms with Crippen LogP contribution in [0.25, 0.3) is 43.8 Å². The lowest BCUT2D eigenvalue weighted by Gasteiger charge is -2.08. The maximum absolute atomic E-state index is 9.05. The topological polar surface area (TPSA) is 13.1 Å². The summed E-state index contributed by atoms with van der Waals surface area (Å²) in [5.41, 5.74) is -1.40. The molecule has 24 heavy (non-hydrogen) atoms. The molecule has 2 heteroatoms. The van der Waals surface area contributed by atoms with Crippen molar-refractivity contribution in [3.05, 3.63) is 83.6 Å². The summed E-state index contributed by atoms with van der Waals surface area (Å²) in [6, 6.07) is -8.19. The first-order valence-corrected chi connectivity index (χ1v) is 7.23. The number of halogens is 1. The highest BCUT2D eigenvalue weighted by atomic mass is 35.5. The molecular weight excluding hydrogens is 316 g/mol. The van der Waals surface area contributed by atoms with E-state index in [1.54, 1.807) is 0 Å². The summed E-state index contributed by atoms with van der Waals surface area (Å²) in [6.45, 7) is 0. The molecule has 1 heterocycles. The van der Waals surface area contributed by atoms with Crippen LogP contribution < -0.4 is 0 Å². The predicted octanol–water partition coefficient (Wildman–Crippen LogP) is 7.06. The van der Waals surface area contributed by atoms with Gasteiger partial charge in [-0.25, -0.2) is 0 Å². The fraction of sp³-hybridized carbons (Fsp3) is 0. The van der Waals surface area contributed by atoms with E-state index in [-0.39, 0.29) is 43.3 Å². The molecule has 0 aliphatic heterocycles. The molecular formula is C22H13ClO. The van der Waals surface area contributed by atoms with E-state index < -0.39 is 84.1 Å². The smallest absolute Gasteiger partial charge is 0.143 e. The maximum Gasteiger partial charge on any atom is 0.143 e. The monoisotopic (exact) mass is 341 g/mol. The Kier molecular flexibility index (Phi) is 1.27. The fourth-order valence-corrected chi connectivity index (χ4v) is 2.88. The highest BCUT2D eigenvalue weighted by Crippen LogP contribution is 2.41. The van der Waals surface area contributed by atoms with Crippen molar-refractivity contribution in [3.8, 4) is 11.1 Å². The molecule has 114 valence electrons. The van der Waals surface area contributed by atoms with Crippen LogP contribution in [-0.4, -0.2) is 0 Å². The van der Waals surface area contributed by atoms with E-state index in [9.17, 15) is 0 Å². The second kappa shape index (κ2) is 5.12. The van der Waals surface area contributed by atoms with Crippen LogP contribution in [0.2, 0.25) is 5.02 Å². The second-order valence-electron chi connectivity index (χ2n) is 4.95. The molecule has 4 aromatic carbocycles. The molecule has 1 aromatic heterocycles. The van der Waals surface area contributed by atoms with Crippen LogP contribution in [0.1, 0.15) is 17.8 Å². The predicted molar refractivity (Wildman–Crippen MR) is 102 cm³/mol. The molecule has 0 bridgehead atoms. The van der Waals surface area contributed by atoms with Crippen molar-refractivity contribution in [1.82, 2.24) is 0 Å². The third kappa shape index (κ3) is 1.88. The average Bonchev–Trinajstić information content (AvgIpc) is 3.28. The largest absolute Gasteiger partial charge is 0.455 e. The number of hydrogen-bond acceptors (Lipinski definition) is 1. The lowest BCUT2D eigenvalue weighted by Crippen LogP contribution is -1.82.